The monoisotopic (exact) mass is 556 g/mol. The molecule has 4 saturated heterocycles. The maximum Gasteiger partial charge on any atom is 0.343 e. The lowest BCUT2D eigenvalue weighted by atomic mass is 9.48. The van der Waals surface area contributed by atoms with Crippen molar-refractivity contribution in [2.45, 2.75) is 119 Å². The van der Waals surface area contributed by atoms with Gasteiger partial charge in [0.15, 0.2) is 0 Å². The molecule has 0 aromatic heterocycles. The maximum atomic E-state index is 13.9. The number of ether oxygens (including phenoxy) is 2. The van der Waals surface area contributed by atoms with Gasteiger partial charge in [-0.15, -0.1) is 0 Å². The first-order valence-corrected chi connectivity index (χ1v) is 17.2. The molecule has 1 N–H and O–H groups in total. The molecule has 5 aliphatic heterocycles. The molecule has 1 aromatic rings. The Bertz CT molecular complexity index is 1150. The standard InChI is InChI=1S/C31H48N2O5Si/c1-10-28-17-22(37-39(19(2)3,20(4)5)21(6)7)18-33-16-15-29-23-13-11-12-14-24(23)32(8)25(29)30(26(28)34,27(35)36-9)38-31(28,29)33/h11-14,19-22,25-26,34H,10,15-18H2,1-9H3/t22-,25+,26+,28-,29-,30+,31-/m0/s1. The van der Waals surface area contributed by atoms with Crippen molar-refractivity contribution in [1.29, 1.82) is 0 Å². The summed E-state index contributed by atoms with van der Waals surface area (Å²) in [6.45, 7) is 17.7. The third-order valence-electron chi connectivity index (χ3n) is 12.0. The molecule has 5 aliphatic rings. The van der Waals surface area contributed by atoms with Crippen LogP contribution >= 0.6 is 0 Å². The summed E-state index contributed by atoms with van der Waals surface area (Å²) < 4.78 is 20.1. The van der Waals surface area contributed by atoms with E-state index in [0.29, 0.717) is 29.5 Å². The number of hydrogen-bond acceptors (Lipinski definition) is 7. The Labute approximate surface area is 235 Å². The Morgan fingerprint density at radius 1 is 1.15 bits per heavy atom. The predicted octanol–water partition coefficient (Wildman–Crippen LogP) is 4.82. The Kier molecular flexibility index (Phi) is 6.06. The van der Waals surface area contributed by atoms with Gasteiger partial charge in [-0.1, -0.05) is 66.7 Å². The molecule has 39 heavy (non-hydrogen) atoms. The lowest BCUT2D eigenvalue weighted by Gasteiger charge is -2.62. The third-order valence-corrected chi connectivity index (χ3v) is 18.2. The largest absolute Gasteiger partial charge is 0.467 e. The molecule has 216 valence electrons. The van der Waals surface area contributed by atoms with Crippen LogP contribution in [0.2, 0.25) is 16.6 Å². The van der Waals surface area contributed by atoms with Crippen molar-refractivity contribution in [1.82, 2.24) is 4.90 Å². The van der Waals surface area contributed by atoms with Crippen LogP contribution in [0.1, 0.15) is 73.3 Å². The van der Waals surface area contributed by atoms with Gasteiger partial charge < -0.3 is 23.9 Å². The number of para-hydroxylation sites is 1. The first-order valence-electron chi connectivity index (χ1n) is 15.1. The number of methoxy groups -OCH3 is 1. The average molecular weight is 557 g/mol. The van der Waals surface area contributed by atoms with E-state index in [4.69, 9.17) is 13.9 Å². The van der Waals surface area contributed by atoms with E-state index in [9.17, 15) is 9.90 Å². The lowest BCUT2D eigenvalue weighted by molar-refractivity contribution is -0.226. The fourth-order valence-electron chi connectivity index (χ4n) is 11.1. The number of hydrogen-bond donors (Lipinski definition) is 1. The number of rotatable bonds is 7. The zero-order valence-electron chi connectivity index (χ0n) is 25.3. The quantitative estimate of drug-likeness (QED) is 0.381. The van der Waals surface area contributed by atoms with Gasteiger partial charge in [-0.05, 0) is 47.5 Å². The van der Waals surface area contributed by atoms with E-state index >= 15 is 0 Å². The van der Waals surface area contributed by atoms with Crippen LogP contribution in [0.4, 0.5) is 5.69 Å². The van der Waals surface area contributed by atoms with E-state index in [1.54, 1.807) is 0 Å². The maximum absolute atomic E-state index is 13.9. The summed E-state index contributed by atoms with van der Waals surface area (Å²) in [4.78, 5) is 18.6. The number of aliphatic hydroxyl groups is 1. The summed E-state index contributed by atoms with van der Waals surface area (Å²) in [5.74, 6) is -0.460. The van der Waals surface area contributed by atoms with Crippen molar-refractivity contribution in [2.24, 2.45) is 5.41 Å². The van der Waals surface area contributed by atoms with Gasteiger partial charge in [-0.2, -0.15) is 0 Å². The third kappa shape index (κ3) is 2.72. The Morgan fingerprint density at radius 2 is 1.79 bits per heavy atom. The lowest BCUT2D eigenvalue weighted by Crippen LogP contribution is -2.77. The summed E-state index contributed by atoms with van der Waals surface area (Å²) in [5, 5.41) is 12.5. The van der Waals surface area contributed by atoms with Crippen LogP contribution in [0.25, 0.3) is 0 Å². The Hall–Kier alpha value is -1.45. The summed E-state index contributed by atoms with van der Waals surface area (Å²) in [7, 11) is 1.30. The van der Waals surface area contributed by atoms with Crippen LogP contribution in [0.15, 0.2) is 24.3 Å². The van der Waals surface area contributed by atoms with Crippen molar-refractivity contribution in [2.75, 3.05) is 32.1 Å². The number of esters is 1. The predicted molar refractivity (Wildman–Crippen MR) is 154 cm³/mol. The first kappa shape index (κ1) is 27.7. The van der Waals surface area contributed by atoms with Crippen LogP contribution < -0.4 is 4.90 Å². The molecular formula is C31H48N2O5Si. The zero-order valence-corrected chi connectivity index (χ0v) is 26.3. The number of piperidine rings is 1. The molecule has 1 aromatic carbocycles. The van der Waals surface area contributed by atoms with Gasteiger partial charge in [0.25, 0.3) is 0 Å². The fraction of sp³-hybridized carbons (Fsp3) is 0.774. The fourth-order valence-corrected chi connectivity index (χ4v) is 16.6. The number of likely N-dealkylation sites (N-methyl/N-ethyl adjacent to an activating group) is 1. The van der Waals surface area contributed by atoms with Crippen molar-refractivity contribution < 1.29 is 23.8 Å². The van der Waals surface area contributed by atoms with E-state index in [1.165, 1.54) is 12.7 Å². The number of nitrogens with zero attached hydrogens (tertiary/aromatic N) is 2. The summed E-state index contributed by atoms with van der Waals surface area (Å²) in [6.07, 6.45) is 1.23. The zero-order chi connectivity index (χ0) is 28.3. The number of carbonyl (C=O) groups excluding carboxylic acids is 1. The second kappa shape index (κ2) is 8.54. The van der Waals surface area contributed by atoms with Crippen LogP contribution in [0, 0.1) is 5.41 Å². The van der Waals surface area contributed by atoms with Crippen molar-refractivity contribution in [3.05, 3.63) is 29.8 Å². The summed E-state index contributed by atoms with van der Waals surface area (Å²) >= 11 is 0. The van der Waals surface area contributed by atoms with Crippen molar-refractivity contribution >= 4 is 20.0 Å². The number of benzene rings is 1. The molecule has 0 amide bonds. The summed E-state index contributed by atoms with van der Waals surface area (Å²) in [6, 6.07) is 8.21. The van der Waals surface area contributed by atoms with Gasteiger partial charge in [-0.25, -0.2) is 4.79 Å². The molecule has 5 heterocycles. The van der Waals surface area contributed by atoms with Crippen molar-refractivity contribution in [3.63, 3.8) is 0 Å². The molecule has 0 radical (unpaired) electrons. The van der Waals surface area contributed by atoms with Gasteiger partial charge in [0.1, 0.15) is 11.8 Å². The number of anilines is 1. The highest BCUT2D eigenvalue weighted by molar-refractivity contribution is 6.77. The Balaban J connectivity index is 1.55. The van der Waals surface area contributed by atoms with E-state index in [1.807, 2.05) is 0 Å². The van der Waals surface area contributed by atoms with Crippen LogP contribution in [0.5, 0.6) is 0 Å². The molecule has 2 spiro atoms. The van der Waals surface area contributed by atoms with E-state index < -0.39 is 42.5 Å². The highest BCUT2D eigenvalue weighted by Crippen LogP contribution is 2.79. The van der Waals surface area contributed by atoms with E-state index in [-0.39, 0.29) is 12.1 Å². The minimum absolute atomic E-state index is 0.0234. The Morgan fingerprint density at radius 3 is 2.38 bits per heavy atom. The van der Waals surface area contributed by atoms with Crippen LogP contribution in [0.3, 0.4) is 0 Å². The van der Waals surface area contributed by atoms with Crippen molar-refractivity contribution in [3.8, 4) is 0 Å². The number of carbonyl (C=O) groups is 1. The molecule has 7 nitrogen and oxygen atoms in total. The molecule has 0 saturated carbocycles. The van der Waals surface area contributed by atoms with E-state index in [2.05, 4.69) is 89.6 Å². The number of aliphatic hydroxyl groups excluding tert-OH is 1. The molecule has 4 fully saturated rings. The van der Waals surface area contributed by atoms with E-state index in [0.717, 1.165) is 25.2 Å². The minimum atomic E-state index is -2.17. The highest BCUT2D eigenvalue weighted by atomic mass is 28.4. The minimum Gasteiger partial charge on any atom is -0.467 e. The van der Waals surface area contributed by atoms with Crippen LogP contribution in [-0.2, 0) is 24.1 Å². The topological polar surface area (TPSA) is 71.5 Å². The molecule has 2 bridgehead atoms. The molecule has 8 heteroatoms. The van der Waals surface area contributed by atoms with Crippen LogP contribution in [-0.4, -0.2) is 81.1 Å². The van der Waals surface area contributed by atoms with Gasteiger partial charge in [0.2, 0.25) is 13.9 Å². The molecule has 6 rings (SSSR count). The molecular weight excluding hydrogens is 508 g/mol. The molecule has 0 aliphatic carbocycles. The summed E-state index contributed by atoms with van der Waals surface area (Å²) in [5.41, 5.74) is 0.416. The van der Waals surface area contributed by atoms with Gasteiger partial charge in [0, 0.05) is 31.2 Å². The SMILES string of the molecule is CC[C@@]12C[C@H](O[Si](C(C)C)(C(C)C)C(C)C)CN3CC[C@]45c6ccccc6N(C)[C@H]4[C@@](C(=O)OC)(O[C@@]315)[C@@H]2O. The second-order valence-electron chi connectivity index (χ2n) is 13.9. The van der Waals surface area contributed by atoms with Gasteiger partial charge in [0.05, 0.1) is 24.7 Å². The normalized spacial score (nSPS) is 40.5. The molecule has 0 unspecified atom stereocenters. The highest BCUT2D eigenvalue weighted by Gasteiger charge is 2.94. The smallest absolute Gasteiger partial charge is 0.343 e. The average Bonchev–Trinajstić information content (AvgIpc) is 3.53. The number of fused-ring (bicyclic) bond motifs is 3. The molecule has 7 atom stereocenters. The van der Waals surface area contributed by atoms with Gasteiger partial charge >= 0.3 is 5.97 Å². The first-order chi connectivity index (χ1) is 18.4. The van der Waals surface area contributed by atoms with Gasteiger partial charge in [-0.3, -0.25) is 4.90 Å². The second-order valence-corrected chi connectivity index (χ2v) is 19.3.